The smallest absolute Gasteiger partial charge is 0.396 e. The number of aromatic nitrogens is 2. The van der Waals surface area contributed by atoms with E-state index in [4.69, 9.17) is 5.73 Å². The molecular formula is C13H19F3N4O. The predicted octanol–water partition coefficient (Wildman–Crippen LogP) is 2.43. The molecule has 0 amide bonds. The highest BCUT2D eigenvalue weighted by molar-refractivity contribution is 5.45. The SMILES string of the molecule is Nc1cc(NCC2(CO)CCCCC2)nc(C(F)(F)F)n1. The standard InChI is InChI=1S/C13H19F3N4O/c14-13(15,16)11-19-9(17)6-10(20-11)18-7-12(8-21)4-2-1-3-5-12/h6,21H,1-5,7-8H2,(H3,17,18,19,20). The van der Waals surface area contributed by atoms with Gasteiger partial charge in [-0.2, -0.15) is 13.2 Å². The number of hydrogen-bond donors (Lipinski definition) is 3. The van der Waals surface area contributed by atoms with Crippen LogP contribution in [0, 0.1) is 5.41 Å². The Hall–Kier alpha value is -1.57. The highest BCUT2D eigenvalue weighted by Gasteiger charge is 2.36. The van der Waals surface area contributed by atoms with Gasteiger partial charge in [-0.15, -0.1) is 0 Å². The van der Waals surface area contributed by atoms with E-state index >= 15 is 0 Å². The van der Waals surface area contributed by atoms with Crippen molar-refractivity contribution >= 4 is 11.6 Å². The fourth-order valence-electron chi connectivity index (χ4n) is 2.65. The lowest BCUT2D eigenvalue weighted by atomic mass is 9.74. The van der Waals surface area contributed by atoms with Gasteiger partial charge in [0.1, 0.15) is 11.6 Å². The molecule has 0 atom stereocenters. The fraction of sp³-hybridized carbons (Fsp3) is 0.692. The zero-order chi connectivity index (χ0) is 15.5. The van der Waals surface area contributed by atoms with E-state index in [2.05, 4.69) is 15.3 Å². The van der Waals surface area contributed by atoms with E-state index in [0.29, 0.717) is 6.54 Å². The number of halogens is 3. The summed E-state index contributed by atoms with van der Waals surface area (Å²) >= 11 is 0. The third-order valence-electron chi connectivity index (χ3n) is 3.89. The molecule has 1 saturated carbocycles. The molecule has 0 bridgehead atoms. The number of rotatable bonds is 4. The van der Waals surface area contributed by atoms with Crippen LogP contribution in [0.5, 0.6) is 0 Å². The van der Waals surface area contributed by atoms with Gasteiger partial charge in [0, 0.05) is 18.0 Å². The number of hydrogen-bond acceptors (Lipinski definition) is 5. The number of nitrogen functional groups attached to an aromatic ring is 1. The fourth-order valence-corrected chi connectivity index (χ4v) is 2.65. The summed E-state index contributed by atoms with van der Waals surface area (Å²) in [5, 5.41) is 12.4. The third kappa shape index (κ3) is 3.96. The molecule has 0 unspecified atom stereocenters. The zero-order valence-electron chi connectivity index (χ0n) is 11.6. The largest absolute Gasteiger partial charge is 0.451 e. The van der Waals surface area contributed by atoms with Gasteiger partial charge in [0.05, 0.1) is 6.61 Å². The number of nitrogens with one attached hydrogen (secondary N) is 1. The van der Waals surface area contributed by atoms with Crippen molar-refractivity contribution in [2.45, 2.75) is 38.3 Å². The lowest BCUT2D eigenvalue weighted by Gasteiger charge is -2.35. The van der Waals surface area contributed by atoms with Crippen molar-refractivity contribution in [1.82, 2.24) is 9.97 Å². The average molecular weight is 304 g/mol. The number of aliphatic hydroxyl groups excluding tert-OH is 1. The number of nitrogens with zero attached hydrogens (tertiary/aromatic N) is 2. The summed E-state index contributed by atoms with van der Waals surface area (Å²) in [6, 6.07) is 1.27. The molecule has 1 heterocycles. The molecule has 1 aliphatic rings. The predicted molar refractivity (Wildman–Crippen MR) is 72.5 cm³/mol. The van der Waals surface area contributed by atoms with Crippen molar-refractivity contribution in [3.05, 3.63) is 11.9 Å². The summed E-state index contributed by atoms with van der Waals surface area (Å²) in [5.41, 5.74) is 5.09. The Morgan fingerprint density at radius 1 is 1.24 bits per heavy atom. The van der Waals surface area contributed by atoms with Crippen LogP contribution in [-0.2, 0) is 6.18 Å². The Morgan fingerprint density at radius 3 is 2.48 bits per heavy atom. The molecule has 5 nitrogen and oxygen atoms in total. The van der Waals surface area contributed by atoms with Gasteiger partial charge in [-0.25, -0.2) is 9.97 Å². The highest BCUT2D eigenvalue weighted by atomic mass is 19.4. The van der Waals surface area contributed by atoms with E-state index in [-0.39, 0.29) is 23.7 Å². The van der Waals surface area contributed by atoms with E-state index in [9.17, 15) is 18.3 Å². The minimum atomic E-state index is -4.63. The Balaban J connectivity index is 2.10. The van der Waals surface area contributed by atoms with Crippen LogP contribution in [-0.4, -0.2) is 28.2 Å². The first-order chi connectivity index (χ1) is 9.85. The number of anilines is 2. The van der Waals surface area contributed by atoms with Crippen LogP contribution in [0.1, 0.15) is 37.9 Å². The molecule has 0 aromatic carbocycles. The summed E-state index contributed by atoms with van der Waals surface area (Å²) in [6.07, 6.45) is 0.224. The second kappa shape index (κ2) is 6.05. The topological polar surface area (TPSA) is 84.1 Å². The monoisotopic (exact) mass is 304 g/mol. The number of aliphatic hydroxyl groups is 1. The maximum Gasteiger partial charge on any atom is 0.451 e. The Labute approximate surface area is 120 Å². The molecule has 1 aromatic heterocycles. The van der Waals surface area contributed by atoms with Crippen LogP contribution in [0.3, 0.4) is 0 Å². The molecule has 21 heavy (non-hydrogen) atoms. The first-order valence-electron chi connectivity index (χ1n) is 6.91. The van der Waals surface area contributed by atoms with Gasteiger partial charge in [-0.3, -0.25) is 0 Å². The molecule has 1 fully saturated rings. The van der Waals surface area contributed by atoms with Crippen LogP contribution in [0.2, 0.25) is 0 Å². The van der Waals surface area contributed by atoms with Gasteiger partial charge < -0.3 is 16.2 Å². The molecule has 0 aliphatic heterocycles. The summed E-state index contributed by atoms with van der Waals surface area (Å²) in [5.74, 6) is -1.46. The lowest BCUT2D eigenvalue weighted by Crippen LogP contribution is -2.35. The number of alkyl halides is 3. The molecule has 4 N–H and O–H groups in total. The maximum absolute atomic E-state index is 12.6. The average Bonchev–Trinajstić information content (AvgIpc) is 2.45. The van der Waals surface area contributed by atoms with Crippen LogP contribution in [0.4, 0.5) is 24.8 Å². The quantitative estimate of drug-likeness (QED) is 0.795. The summed E-state index contributed by atoms with van der Waals surface area (Å²) in [7, 11) is 0. The van der Waals surface area contributed by atoms with E-state index in [1.165, 1.54) is 6.07 Å². The van der Waals surface area contributed by atoms with E-state index < -0.39 is 12.0 Å². The van der Waals surface area contributed by atoms with Crippen LogP contribution < -0.4 is 11.1 Å². The molecular weight excluding hydrogens is 285 g/mol. The van der Waals surface area contributed by atoms with Gasteiger partial charge in [0.25, 0.3) is 0 Å². The van der Waals surface area contributed by atoms with Crippen molar-refractivity contribution in [2.24, 2.45) is 5.41 Å². The maximum atomic E-state index is 12.6. The molecule has 8 heteroatoms. The Kier molecular flexibility index (Phi) is 4.55. The first kappa shape index (κ1) is 15.8. The van der Waals surface area contributed by atoms with E-state index in [1.807, 2.05) is 0 Å². The molecule has 2 rings (SSSR count). The molecule has 1 aromatic rings. The summed E-state index contributed by atoms with van der Waals surface area (Å²) in [6.45, 7) is 0.379. The van der Waals surface area contributed by atoms with Crippen LogP contribution >= 0.6 is 0 Å². The van der Waals surface area contributed by atoms with Crippen molar-refractivity contribution in [3.63, 3.8) is 0 Å². The normalized spacial score (nSPS) is 18.5. The molecule has 0 radical (unpaired) electrons. The molecule has 118 valence electrons. The minimum absolute atomic E-state index is 0.00664. The van der Waals surface area contributed by atoms with Crippen molar-refractivity contribution < 1.29 is 18.3 Å². The second-order valence-electron chi connectivity index (χ2n) is 5.57. The molecule has 0 saturated heterocycles. The van der Waals surface area contributed by atoms with E-state index in [0.717, 1.165) is 32.1 Å². The molecule has 0 spiro atoms. The second-order valence-corrected chi connectivity index (χ2v) is 5.57. The summed E-state index contributed by atoms with van der Waals surface area (Å²) in [4.78, 5) is 6.64. The lowest BCUT2D eigenvalue weighted by molar-refractivity contribution is -0.144. The molecule has 1 aliphatic carbocycles. The van der Waals surface area contributed by atoms with Gasteiger partial charge >= 0.3 is 6.18 Å². The Morgan fingerprint density at radius 2 is 1.90 bits per heavy atom. The zero-order valence-corrected chi connectivity index (χ0v) is 11.6. The summed E-state index contributed by atoms with van der Waals surface area (Å²) < 4.78 is 37.9. The van der Waals surface area contributed by atoms with Crippen molar-refractivity contribution in [2.75, 3.05) is 24.2 Å². The van der Waals surface area contributed by atoms with E-state index in [1.54, 1.807) is 0 Å². The number of nitrogens with two attached hydrogens (primary N) is 1. The van der Waals surface area contributed by atoms with Gasteiger partial charge in [0.2, 0.25) is 5.82 Å². The third-order valence-corrected chi connectivity index (χ3v) is 3.89. The highest BCUT2D eigenvalue weighted by Crippen LogP contribution is 2.36. The van der Waals surface area contributed by atoms with Crippen LogP contribution in [0.15, 0.2) is 6.07 Å². The van der Waals surface area contributed by atoms with Gasteiger partial charge in [0.15, 0.2) is 0 Å². The van der Waals surface area contributed by atoms with Crippen LogP contribution in [0.25, 0.3) is 0 Å². The Bertz CT molecular complexity index is 487. The van der Waals surface area contributed by atoms with Crippen molar-refractivity contribution in [3.8, 4) is 0 Å². The minimum Gasteiger partial charge on any atom is -0.396 e. The van der Waals surface area contributed by atoms with Gasteiger partial charge in [-0.1, -0.05) is 19.3 Å². The first-order valence-corrected chi connectivity index (χ1v) is 6.91. The van der Waals surface area contributed by atoms with Gasteiger partial charge in [-0.05, 0) is 12.8 Å². The van der Waals surface area contributed by atoms with Crippen molar-refractivity contribution in [1.29, 1.82) is 0 Å².